The van der Waals surface area contributed by atoms with Gasteiger partial charge in [0.25, 0.3) is 0 Å². The maximum atomic E-state index is 13.7. The minimum Gasteiger partial charge on any atom is -0.387 e. The van der Waals surface area contributed by atoms with Gasteiger partial charge >= 0.3 is 0 Å². The standard InChI is InChI=1S/C16H22FNO2/c17-13-6-2-1-5-12(13)15(19)11-18-9-10-20-16-8-4-3-7-14(16)18/h1-2,5-6,14-16,19H,3-4,7-11H2. The van der Waals surface area contributed by atoms with E-state index in [0.29, 0.717) is 30.9 Å². The average molecular weight is 279 g/mol. The zero-order valence-corrected chi connectivity index (χ0v) is 11.7. The Morgan fingerprint density at radius 1 is 1.30 bits per heavy atom. The van der Waals surface area contributed by atoms with Gasteiger partial charge in [0.15, 0.2) is 0 Å². The molecule has 3 rings (SSSR count). The molecule has 2 fully saturated rings. The van der Waals surface area contributed by atoms with Crippen molar-refractivity contribution < 1.29 is 14.2 Å². The van der Waals surface area contributed by atoms with Crippen LogP contribution in [0.5, 0.6) is 0 Å². The number of hydrogen-bond donors (Lipinski definition) is 1. The predicted octanol–water partition coefficient (Wildman–Crippen LogP) is 2.50. The molecule has 1 aliphatic heterocycles. The number of morpholine rings is 1. The lowest BCUT2D eigenvalue weighted by atomic mass is 9.89. The van der Waals surface area contributed by atoms with Crippen LogP contribution in [0.15, 0.2) is 24.3 Å². The molecule has 0 aromatic heterocycles. The van der Waals surface area contributed by atoms with Crippen LogP contribution >= 0.6 is 0 Å². The Balaban J connectivity index is 1.68. The van der Waals surface area contributed by atoms with E-state index in [1.54, 1.807) is 18.2 Å². The summed E-state index contributed by atoms with van der Waals surface area (Å²) in [5.41, 5.74) is 0.395. The number of aliphatic hydroxyl groups excluding tert-OH is 1. The van der Waals surface area contributed by atoms with Crippen LogP contribution in [0.4, 0.5) is 4.39 Å². The highest BCUT2D eigenvalue weighted by atomic mass is 19.1. The zero-order chi connectivity index (χ0) is 13.9. The lowest BCUT2D eigenvalue weighted by Gasteiger charge is -2.44. The number of rotatable bonds is 3. The maximum absolute atomic E-state index is 13.7. The van der Waals surface area contributed by atoms with Gasteiger partial charge in [-0.25, -0.2) is 4.39 Å². The Kier molecular flexibility index (Phi) is 4.34. The van der Waals surface area contributed by atoms with Gasteiger partial charge in [-0.05, 0) is 18.9 Å². The third-order valence-corrected chi connectivity index (χ3v) is 4.52. The highest BCUT2D eigenvalue weighted by Crippen LogP contribution is 2.30. The van der Waals surface area contributed by atoms with Crippen molar-refractivity contribution in [1.82, 2.24) is 4.90 Å². The van der Waals surface area contributed by atoms with Gasteiger partial charge in [-0.3, -0.25) is 4.90 Å². The summed E-state index contributed by atoms with van der Waals surface area (Å²) in [6.45, 7) is 2.03. The minimum absolute atomic E-state index is 0.297. The quantitative estimate of drug-likeness (QED) is 0.923. The molecule has 110 valence electrons. The number of halogens is 1. The molecule has 1 saturated heterocycles. The van der Waals surface area contributed by atoms with Crippen molar-refractivity contribution in [2.24, 2.45) is 0 Å². The molecule has 3 nitrogen and oxygen atoms in total. The van der Waals surface area contributed by atoms with E-state index in [1.807, 2.05) is 0 Å². The van der Waals surface area contributed by atoms with E-state index in [2.05, 4.69) is 4.90 Å². The Bertz CT molecular complexity index is 452. The summed E-state index contributed by atoms with van der Waals surface area (Å²) in [7, 11) is 0. The van der Waals surface area contributed by atoms with Crippen molar-refractivity contribution in [3.63, 3.8) is 0 Å². The number of nitrogens with zero attached hydrogens (tertiary/aromatic N) is 1. The van der Waals surface area contributed by atoms with Gasteiger partial charge in [-0.15, -0.1) is 0 Å². The molecular formula is C16H22FNO2. The number of hydrogen-bond acceptors (Lipinski definition) is 3. The van der Waals surface area contributed by atoms with Gasteiger partial charge < -0.3 is 9.84 Å². The summed E-state index contributed by atoms with van der Waals surface area (Å²) >= 11 is 0. The molecule has 3 unspecified atom stereocenters. The molecule has 2 aliphatic rings. The number of aliphatic hydroxyl groups is 1. The van der Waals surface area contributed by atoms with Crippen LogP contribution in [-0.4, -0.2) is 41.8 Å². The van der Waals surface area contributed by atoms with Crippen LogP contribution in [0.2, 0.25) is 0 Å². The van der Waals surface area contributed by atoms with Crippen LogP contribution in [0.3, 0.4) is 0 Å². The summed E-state index contributed by atoms with van der Waals surface area (Å²) in [6, 6.07) is 6.88. The predicted molar refractivity (Wildman–Crippen MR) is 74.9 cm³/mol. The van der Waals surface area contributed by atoms with Gasteiger partial charge in [0.2, 0.25) is 0 Å². The van der Waals surface area contributed by atoms with Gasteiger partial charge in [0, 0.05) is 24.7 Å². The van der Waals surface area contributed by atoms with Crippen molar-refractivity contribution in [3.05, 3.63) is 35.6 Å². The van der Waals surface area contributed by atoms with Crippen molar-refractivity contribution >= 4 is 0 Å². The lowest BCUT2D eigenvalue weighted by molar-refractivity contribution is -0.0976. The highest BCUT2D eigenvalue weighted by molar-refractivity contribution is 5.20. The SMILES string of the molecule is OC(CN1CCOC2CCCCC21)c1ccccc1F. The Morgan fingerprint density at radius 3 is 2.95 bits per heavy atom. The van der Waals surface area contributed by atoms with Crippen LogP contribution in [0.25, 0.3) is 0 Å². The number of fused-ring (bicyclic) bond motifs is 1. The molecule has 0 bridgehead atoms. The van der Waals surface area contributed by atoms with Gasteiger partial charge in [-0.2, -0.15) is 0 Å². The molecule has 1 saturated carbocycles. The average Bonchev–Trinajstić information content (AvgIpc) is 2.48. The second-order valence-corrected chi connectivity index (χ2v) is 5.79. The third kappa shape index (κ3) is 2.87. The van der Waals surface area contributed by atoms with Gasteiger partial charge in [-0.1, -0.05) is 31.0 Å². The molecular weight excluding hydrogens is 257 g/mol. The number of benzene rings is 1. The summed E-state index contributed by atoms with van der Waals surface area (Å²) in [5.74, 6) is -0.326. The van der Waals surface area contributed by atoms with Crippen molar-refractivity contribution in [2.45, 2.75) is 43.9 Å². The highest BCUT2D eigenvalue weighted by Gasteiger charge is 2.35. The third-order valence-electron chi connectivity index (χ3n) is 4.52. The fraction of sp³-hybridized carbons (Fsp3) is 0.625. The van der Waals surface area contributed by atoms with Gasteiger partial charge in [0.1, 0.15) is 5.82 Å². The summed E-state index contributed by atoms with van der Waals surface area (Å²) in [4.78, 5) is 2.28. The van der Waals surface area contributed by atoms with E-state index in [-0.39, 0.29) is 5.82 Å². The van der Waals surface area contributed by atoms with E-state index >= 15 is 0 Å². The first-order valence-electron chi connectivity index (χ1n) is 7.54. The molecule has 0 amide bonds. The van der Waals surface area contributed by atoms with E-state index in [0.717, 1.165) is 19.4 Å². The monoisotopic (exact) mass is 279 g/mol. The summed E-state index contributed by atoms with van der Waals surface area (Å²) in [6.07, 6.45) is 4.20. The summed E-state index contributed by atoms with van der Waals surface area (Å²) < 4.78 is 19.5. The van der Waals surface area contributed by atoms with Crippen LogP contribution in [0, 0.1) is 5.82 Å². The molecule has 3 atom stereocenters. The number of ether oxygens (including phenoxy) is 1. The molecule has 0 spiro atoms. The smallest absolute Gasteiger partial charge is 0.129 e. The molecule has 1 aromatic rings. The Morgan fingerprint density at radius 2 is 2.10 bits per heavy atom. The molecule has 1 aromatic carbocycles. The minimum atomic E-state index is -0.767. The molecule has 20 heavy (non-hydrogen) atoms. The normalized spacial score (nSPS) is 28.9. The zero-order valence-electron chi connectivity index (χ0n) is 11.7. The maximum Gasteiger partial charge on any atom is 0.129 e. The second kappa shape index (κ2) is 6.20. The first kappa shape index (κ1) is 14.0. The van der Waals surface area contributed by atoms with E-state index in [4.69, 9.17) is 4.74 Å². The van der Waals surface area contributed by atoms with Crippen LogP contribution < -0.4 is 0 Å². The largest absolute Gasteiger partial charge is 0.387 e. The molecule has 1 heterocycles. The van der Waals surface area contributed by atoms with E-state index in [9.17, 15) is 9.50 Å². The van der Waals surface area contributed by atoms with Crippen LogP contribution in [0.1, 0.15) is 37.4 Å². The van der Waals surface area contributed by atoms with Crippen molar-refractivity contribution in [1.29, 1.82) is 0 Å². The molecule has 0 radical (unpaired) electrons. The molecule has 1 N–H and O–H groups in total. The lowest BCUT2D eigenvalue weighted by Crippen LogP contribution is -2.53. The number of β-amino-alcohol motifs (C(OH)–C–C–N with tert-alkyl or cyclic N) is 1. The molecule has 4 heteroatoms. The van der Waals surface area contributed by atoms with E-state index < -0.39 is 6.10 Å². The van der Waals surface area contributed by atoms with Crippen LogP contribution in [-0.2, 0) is 4.74 Å². The van der Waals surface area contributed by atoms with Crippen molar-refractivity contribution in [3.8, 4) is 0 Å². The molecule has 1 aliphatic carbocycles. The summed E-state index contributed by atoms with van der Waals surface area (Å²) in [5, 5.41) is 10.3. The second-order valence-electron chi connectivity index (χ2n) is 5.79. The first-order valence-corrected chi connectivity index (χ1v) is 7.54. The Hall–Kier alpha value is -0.970. The van der Waals surface area contributed by atoms with E-state index in [1.165, 1.54) is 18.9 Å². The fourth-order valence-electron chi connectivity index (χ4n) is 3.47. The van der Waals surface area contributed by atoms with Crippen molar-refractivity contribution in [2.75, 3.05) is 19.7 Å². The Labute approximate surface area is 119 Å². The first-order chi connectivity index (χ1) is 9.75. The van der Waals surface area contributed by atoms with Gasteiger partial charge in [0.05, 0.1) is 18.8 Å². The fourth-order valence-corrected chi connectivity index (χ4v) is 3.47. The topological polar surface area (TPSA) is 32.7 Å².